The first-order chi connectivity index (χ1) is 13.6. The summed E-state index contributed by atoms with van der Waals surface area (Å²) in [4.78, 5) is 24.4. The van der Waals surface area contributed by atoms with E-state index in [-0.39, 0.29) is 17.7 Å². The lowest BCUT2D eigenvalue weighted by molar-refractivity contribution is -0.121. The first-order valence-electron chi connectivity index (χ1n) is 9.49. The molecule has 0 fully saturated rings. The number of rotatable bonds is 6. The number of amides is 1. The van der Waals surface area contributed by atoms with Gasteiger partial charge in [-0.25, -0.2) is 4.79 Å². The van der Waals surface area contributed by atoms with Crippen LogP contribution in [0.1, 0.15) is 31.4 Å². The van der Waals surface area contributed by atoms with Crippen molar-refractivity contribution in [3.05, 3.63) is 82.8 Å². The molecule has 5 nitrogen and oxygen atoms in total. The minimum Gasteiger partial charge on any atom is -0.408 e. The van der Waals surface area contributed by atoms with Gasteiger partial charge in [-0.3, -0.25) is 9.36 Å². The maximum Gasteiger partial charge on any atom is 0.419 e. The van der Waals surface area contributed by atoms with Gasteiger partial charge in [-0.1, -0.05) is 54.6 Å². The molecule has 1 atom stereocenters. The molecular formula is C23H22N2O3. The Hall–Kier alpha value is -3.34. The molecule has 0 aliphatic carbocycles. The zero-order chi connectivity index (χ0) is 19.5. The number of fused-ring (bicyclic) bond motifs is 2. The van der Waals surface area contributed by atoms with Crippen molar-refractivity contribution >= 4 is 27.8 Å². The largest absolute Gasteiger partial charge is 0.419 e. The highest BCUT2D eigenvalue weighted by Gasteiger charge is 2.13. The Kier molecular flexibility index (Phi) is 4.98. The van der Waals surface area contributed by atoms with Gasteiger partial charge in [-0.15, -0.1) is 0 Å². The molecule has 0 aliphatic rings. The summed E-state index contributed by atoms with van der Waals surface area (Å²) in [6, 6.07) is 21.5. The number of hydrogen-bond donors (Lipinski definition) is 1. The van der Waals surface area contributed by atoms with Crippen molar-refractivity contribution in [2.75, 3.05) is 0 Å². The van der Waals surface area contributed by atoms with Gasteiger partial charge < -0.3 is 9.73 Å². The third-order valence-corrected chi connectivity index (χ3v) is 5.03. The van der Waals surface area contributed by atoms with Crippen molar-refractivity contribution in [2.45, 2.75) is 32.4 Å². The fraction of sp³-hybridized carbons (Fsp3) is 0.217. The summed E-state index contributed by atoms with van der Waals surface area (Å²) in [5.41, 5.74) is 2.43. The molecule has 0 radical (unpaired) electrons. The number of para-hydroxylation sites is 2. The number of carbonyl (C=O) groups is 1. The fourth-order valence-corrected chi connectivity index (χ4v) is 3.64. The number of hydrogen-bond acceptors (Lipinski definition) is 3. The summed E-state index contributed by atoms with van der Waals surface area (Å²) in [5.74, 6) is -0.410. The molecule has 28 heavy (non-hydrogen) atoms. The van der Waals surface area contributed by atoms with Crippen LogP contribution in [-0.4, -0.2) is 10.5 Å². The smallest absolute Gasteiger partial charge is 0.408 e. The van der Waals surface area contributed by atoms with Crippen LogP contribution in [0.3, 0.4) is 0 Å². The van der Waals surface area contributed by atoms with Crippen molar-refractivity contribution in [1.82, 2.24) is 9.88 Å². The Bertz CT molecular complexity index is 1180. The van der Waals surface area contributed by atoms with E-state index in [0.29, 0.717) is 25.0 Å². The molecule has 142 valence electrons. The zero-order valence-corrected chi connectivity index (χ0v) is 15.7. The van der Waals surface area contributed by atoms with Gasteiger partial charge in [0.15, 0.2) is 5.58 Å². The number of oxazole rings is 1. The Balaban J connectivity index is 1.39. The average molecular weight is 374 g/mol. The number of carbonyl (C=O) groups excluding carboxylic acids is 1. The van der Waals surface area contributed by atoms with Gasteiger partial charge in [0.25, 0.3) is 0 Å². The summed E-state index contributed by atoms with van der Waals surface area (Å²) < 4.78 is 6.81. The Morgan fingerprint density at radius 1 is 1.04 bits per heavy atom. The van der Waals surface area contributed by atoms with Crippen molar-refractivity contribution in [3.63, 3.8) is 0 Å². The van der Waals surface area contributed by atoms with E-state index in [2.05, 4.69) is 23.5 Å². The molecule has 4 rings (SSSR count). The molecule has 0 saturated heterocycles. The highest BCUT2D eigenvalue weighted by atomic mass is 16.4. The minimum absolute atomic E-state index is 0.0266. The number of aryl methyl sites for hydroxylation is 1. The molecule has 3 aromatic carbocycles. The fourth-order valence-electron chi connectivity index (χ4n) is 3.64. The first kappa shape index (κ1) is 18.0. The molecule has 0 bridgehead atoms. The summed E-state index contributed by atoms with van der Waals surface area (Å²) >= 11 is 0. The summed E-state index contributed by atoms with van der Waals surface area (Å²) in [6.07, 6.45) is 0.915. The molecule has 1 amide bonds. The van der Waals surface area contributed by atoms with Crippen molar-refractivity contribution in [2.24, 2.45) is 0 Å². The number of nitrogens with zero attached hydrogens (tertiary/aromatic N) is 1. The Labute approximate surface area is 162 Å². The van der Waals surface area contributed by atoms with E-state index in [1.807, 2.05) is 49.4 Å². The van der Waals surface area contributed by atoms with E-state index in [1.165, 1.54) is 0 Å². The van der Waals surface area contributed by atoms with E-state index in [9.17, 15) is 9.59 Å². The van der Waals surface area contributed by atoms with Crippen LogP contribution in [0.5, 0.6) is 0 Å². The third kappa shape index (κ3) is 3.56. The maximum atomic E-state index is 12.4. The molecular weight excluding hydrogens is 352 g/mol. The third-order valence-electron chi connectivity index (χ3n) is 5.03. The van der Waals surface area contributed by atoms with Crippen molar-refractivity contribution < 1.29 is 9.21 Å². The van der Waals surface area contributed by atoms with E-state index in [1.54, 1.807) is 10.6 Å². The molecule has 1 unspecified atom stereocenters. The molecule has 0 saturated carbocycles. The number of nitrogens with one attached hydrogen (secondary N) is 1. The second-order valence-electron chi connectivity index (χ2n) is 6.95. The molecule has 5 heteroatoms. The minimum atomic E-state index is -0.384. The van der Waals surface area contributed by atoms with Gasteiger partial charge in [0.1, 0.15) is 0 Å². The van der Waals surface area contributed by atoms with E-state index in [0.717, 1.165) is 21.9 Å². The summed E-state index contributed by atoms with van der Waals surface area (Å²) in [6.45, 7) is 2.44. The van der Waals surface area contributed by atoms with Gasteiger partial charge in [0.05, 0.1) is 11.6 Å². The van der Waals surface area contributed by atoms with Crippen LogP contribution in [-0.2, 0) is 11.3 Å². The van der Waals surface area contributed by atoms with E-state index >= 15 is 0 Å². The SMILES string of the molecule is CC(NC(=O)CCCn1c(=O)oc2ccccc21)c1cccc2ccccc12. The van der Waals surface area contributed by atoms with Crippen LogP contribution in [0.25, 0.3) is 21.9 Å². The maximum absolute atomic E-state index is 12.4. The Morgan fingerprint density at radius 3 is 2.68 bits per heavy atom. The second kappa shape index (κ2) is 7.72. The predicted octanol–water partition coefficient (Wildman–Crippen LogP) is 4.41. The van der Waals surface area contributed by atoms with E-state index in [4.69, 9.17) is 4.42 Å². The highest BCUT2D eigenvalue weighted by Crippen LogP contribution is 2.24. The molecule has 1 heterocycles. The summed E-state index contributed by atoms with van der Waals surface area (Å²) in [5, 5.41) is 5.38. The van der Waals surface area contributed by atoms with Crippen LogP contribution >= 0.6 is 0 Å². The molecule has 0 spiro atoms. The monoisotopic (exact) mass is 374 g/mol. The van der Waals surface area contributed by atoms with E-state index < -0.39 is 0 Å². The van der Waals surface area contributed by atoms with Crippen molar-refractivity contribution in [1.29, 1.82) is 0 Å². The average Bonchev–Trinajstić information content (AvgIpc) is 3.03. The van der Waals surface area contributed by atoms with Crippen LogP contribution in [0.15, 0.2) is 75.9 Å². The van der Waals surface area contributed by atoms with Gasteiger partial charge >= 0.3 is 5.76 Å². The van der Waals surface area contributed by atoms with Gasteiger partial charge in [0.2, 0.25) is 5.91 Å². The van der Waals surface area contributed by atoms with Crippen LogP contribution in [0.4, 0.5) is 0 Å². The van der Waals surface area contributed by atoms with Crippen LogP contribution < -0.4 is 11.1 Å². The van der Waals surface area contributed by atoms with Gasteiger partial charge in [0, 0.05) is 13.0 Å². The zero-order valence-electron chi connectivity index (χ0n) is 15.7. The topological polar surface area (TPSA) is 64.2 Å². The first-order valence-corrected chi connectivity index (χ1v) is 9.49. The Morgan fingerprint density at radius 2 is 1.79 bits per heavy atom. The molecule has 1 N–H and O–H groups in total. The highest BCUT2D eigenvalue weighted by molar-refractivity contribution is 5.86. The lowest BCUT2D eigenvalue weighted by Gasteiger charge is -2.16. The van der Waals surface area contributed by atoms with Crippen LogP contribution in [0.2, 0.25) is 0 Å². The standard InChI is InChI=1S/C23H22N2O3/c1-16(18-11-6-9-17-8-2-3-10-19(17)18)24-22(26)14-7-15-25-20-12-4-5-13-21(20)28-23(25)27/h2-6,8-13,16H,7,14-15H2,1H3,(H,24,26). The van der Waals surface area contributed by atoms with Gasteiger partial charge in [-0.05, 0) is 41.8 Å². The molecule has 4 aromatic rings. The quantitative estimate of drug-likeness (QED) is 0.544. The molecule has 0 aliphatic heterocycles. The number of aromatic nitrogens is 1. The lowest BCUT2D eigenvalue weighted by atomic mass is 9.99. The lowest BCUT2D eigenvalue weighted by Crippen LogP contribution is -2.27. The molecule has 1 aromatic heterocycles. The summed E-state index contributed by atoms with van der Waals surface area (Å²) in [7, 11) is 0. The predicted molar refractivity (Wildman–Crippen MR) is 110 cm³/mol. The second-order valence-corrected chi connectivity index (χ2v) is 6.95. The normalized spacial score (nSPS) is 12.3. The number of benzene rings is 3. The van der Waals surface area contributed by atoms with Crippen LogP contribution in [0, 0.1) is 0 Å². The van der Waals surface area contributed by atoms with Gasteiger partial charge in [-0.2, -0.15) is 0 Å². The van der Waals surface area contributed by atoms with Crippen molar-refractivity contribution in [3.8, 4) is 0 Å².